The van der Waals surface area contributed by atoms with Crippen molar-refractivity contribution in [2.75, 3.05) is 24.7 Å². The highest BCUT2D eigenvalue weighted by Gasteiger charge is 2.53. The third-order valence-electron chi connectivity index (χ3n) is 6.89. The van der Waals surface area contributed by atoms with E-state index in [0.717, 1.165) is 12.1 Å². The molecule has 3 aliphatic rings. The predicted octanol–water partition coefficient (Wildman–Crippen LogP) is 3.38. The molecule has 1 spiro atoms. The molecule has 0 radical (unpaired) electrons. The Hall–Kier alpha value is -3.56. The monoisotopic (exact) mass is 489 g/mol. The Morgan fingerprint density at radius 3 is 2.06 bits per heavy atom. The molecule has 7 nitrogen and oxygen atoms in total. The number of likely N-dealkylation sites (tertiary alicyclic amines) is 1. The number of amides is 2. The summed E-state index contributed by atoms with van der Waals surface area (Å²) in [5, 5.41) is 10.1. The van der Waals surface area contributed by atoms with Crippen LogP contribution in [-0.4, -0.2) is 59.3 Å². The van der Waals surface area contributed by atoms with Crippen molar-refractivity contribution in [3.05, 3.63) is 66.2 Å². The van der Waals surface area contributed by atoms with Crippen molar-refractivity contribution in [1.29, 1.82) is 0 Å². The van der Waals surface area contributed by atoms with E-state index in [0.29, 0.717) is 38.5 Å². The van der Waals surface area contributed by atoms with Gasteiger partial charge in [0.2, 0.25) is 11.8 Å². The van der Waals surface area contributed by atoms with Crippen molar-refractivity contribution >= 4 is 23.5 Å². The lowest BCUT2D eigenvalue weighted by molar-refractivity contribution is -0.192. The summed E-state index contributed by atoms with van der Waals surface area (Å²) in [5.41, 5.74) is 1.80. The zero-order valence-electron chi connectivity index (χ0n) is 18.9. The molecule has 2 atom stereocenters. The third-order valence-corrected chi connectivity index (χ3v) is 6.89. The number of para-hydroxylation sites is 1. The fourth-order valence-corrected chi connectivity index (χ4v) is 4.90. The Bertz CT molecular complexity index is 1070. The first-order valence-electron chi connectivity index (χ1n) is 11.4. The van der Waals surface area contributed by atoms with Crippen LogP contribution < -0.4 is 10.2 Å². The summed E-state index contributed by atoms with van der Waals surface area (Å²) in [6.07, 6.45) is -2.77. The third kappa shape index (κ3) is 5.11. The summed E-state index contributed by atoms with van der Waals surface area (Å²) >= 11 is 0. The van der Waals surface area contributed by atoms with Crippen molar-refractivity contribution in [3.8, 4) is 0 Å². The van der Waals surface area contributed by atoms with Gasteiger partial charge in [-0.1, -0.05) is 48.5 Å². The standard InChI is InChI=1S/C23H25N3O2.C2HF3O2/c27-21(20-15-19(20)17-7-3-1-4-8-17)25-13-11-23(12-14-25)22(28)24-16-26(23)18-9-5-2-6-10-18;3-2(4,5)1(6)7/h1-10,19-20H,11-16H2,(H,24,28);(H,6,7)/t19-,20?;/m1./s1. The van der Waals surface area contributed by atoms with E-state index in [1.54, 1.807) is 0 Å². The quantitative estimate of drug-likeness (QED) is 0.690. The molecule has 1 saturated carbocycles. The zero-order chi connectivity index (χ0) is 25.2. The molecule has 2 heterocycles. The molecule has 2 amide bonds. The number of alkyl halides is 3. The number of benzene rings is 2. The SMILES string of the molecule is O=C(C1C[C@@H]1c1ccccc1)N1CCC2(CC1)C(=O)NCN2c1ccccc1.O=C(O)C(F)(F)F. The highest BCUT2D eigenvalue weighted by atomic mass is 19.4. The number of carboxylic acids is 1. The Kier molecular flexibility index (Phi) is 6.73. The maximum Gasteiger partial charge on any atom is 0.490 e. The lowest BCUT2D eigenvalue weighted by Crippen LogP contribution is -2.57. The first-order valence-corrected chi connectivity index (χ1v) is 11.4. The Balaban J connectivity index is 0.000000364. The molecule has 186 valence electrons. The lowest BCUT2D eigenvalue weighted by atomic mass is 9.85. The number of hydrogen-bond donors (Lipinski definition) is 2. The maximum atomic E-state index is 13.0. The molecule has 10 heteroatoms. The van der Waals surface area contributed by atoms with Crippen LogP contribution in [0.2, 0.25) is 0 Å². The molecule has 3 fully saturated rings. The molecule has 5 rings (SSSR count). The van der Waals surface area contributed by atoms with Crippen LogP contribution in [0.4, 0.5) is 18.9 Å². The fraction of sp³-hybridized carbons (Fsp3) is 0.400. The van der Waals surface area contributed by atoms with E-state index >= 15 is 0 Å². The van der Waals surface area contributed by atoms with Gasteiger partial charge in [0, 0.05) is 24.7 Å². The van der Waals surface area contributed by atoms with Gasteiger partial charge in [0.1, 0.15) is 5.54 Å². The van der Waals surface area contributed by atoms with Crippen LogP contribution in [-0.2, 0) is 14.4 Å². The number of nitrogens with one attached hydrogen (secondary N) is 1. The van der Waals surface area contributed by atoms with Gasteiger partial charge in [-0.2, -0.15) is 13.2 Å². The Labute approximate surface area is 200 Å². The summed E-state index contributed by atoms with van der Waals surface area (Å²) in [7, 11) is 0. The minimum absolute atomic E-state index is 0.0945. The van der Waals surface area contributed by atoms with Gasteiger partial charge in [0.15, 0.2) is 0 Å². The van der Waals surface area contributed by atoms with E-state index in [2.05, 4.69) is 22.3 Å². The number of piperidine rings is 1. The van der Waals surface area contributed by atoms with Crippen LogP contribution in [0.1, 0.15) is 30.7 Å². The summed E-state index contributed by atoms with van der Waals surface area (Å²) < 4.78 is 31.7. The Morgan fingerprint density at radius 1 is 0.971 bits per heavy atom. The van der Waals surface area contributed by atoms with Crippen LogP contribution >= 0.6 is 0 Å². The number of rotatable bonds is 3. The molecule has 0 aromatic heterocycles. The summed E-state index contributed by atoms with van der Waals surface area (Å²) in [5.74, 6) is -1.93. The predicted molar refractivity (Wildman–Crippen MR) is 121 cm³/mol. The number of halogens is 3. The number of carbonyl (C=O) groups is 3. The Morgan fingerprint density at radius 2 is 1.51 bits per heavy atom. The van der Waals surface area contributed by atoms with Gasteiger partial charge in [0.05, 0.1) is 6.67 Å². The summed E-state index contributed by atoms with van der Waals surface area (Å²) in [4.78, 5) is 38.8. The summed E-state index contributed by atoms with van der Waals surface area (Å²) in [6, 6.07) is 20.4. The first-order chi connectivity index (χ1) is 16.6. The number of aliphatic carboxylic acids is 1. The molecule has 35 heavy (non-hydrogen) atoms. The maximum absolute atomic E-state index is 13.0. The number of hydrogen-bond acceptors (Lipinski definition) is 4. The number of carbonyl (C=O) groups excluding carboxylic acids is 2. The van der Waals surface area contributed by atoms with Crippen LogP contribution in [0.3, 0.4) is 0 Å². The zero-order valence-corrected chi connectivity index (χ0v) is 18.9. The van der Waals surface area contributed by atoms with Crippen molar-refractivity contribution in [3.63, 3.8) is 0 Å². The molecule has 2 aliphatic heterocycles. The largest absolute Gasteiger partial charge is 0.490 e. The second-order valence-corrected chi connectivity index (χ2v) is 8.95. The lowest BCUT2D eigenvalue weighted by Gasteiger charge is -2.43. The van der Waals surface area contributed by atoms with Crippen LogP contribution in [0.15, 0.2) is 60.7 Å². The van der Waals surface area contributed by atoms with E-state index in [1.807, 2.05) is 53.4 Å². The summed E-state index contributed by atoms with van der Waals surface area (Å²) in [6.45, 7) is 1.83. The molecule has 2 aromatic rings. The van der Waals surface area contributed by atoms with E-state index in [9.17, 15) is 22.8 Å². The first kappa shape index (κ1) is 24.6. The van der Waals surface area contributed by atoms with Crippen molar-refractivity contribution in [2.45, 2.75) is 36.9 Å². The van der Waals surface area contributed by atoms with Crippen LogP contribution in [0.25, 0.3) is 0 Å². The van der Waals surface area contributed by atoms with Crippen molar-refractivity contribution in [1.82, 2.24) is 10.2 Å². The van der Waals surface area contributed by atoms with E-state index in [4.69, 9.17) is 9.90 Å². The van der Waals surface area contributed by atoms with Crippen LogP contribution in [0, 0.1) is 5.92 Å². The van der Waals surface area contributed by atoms with Gasteiger partial charge in [0.25, 0.3) is 0 Å². The molecule has 1 aliphatic carbocycles. The second-order valence-electron chi connectivity index (χ2n) is 8.95. The average molecular weight is 489 g/mol. The van der Waals surface area contributed by atoms with E-state index < -0.39 is 17.7 Å². The van der Waals surface area contributed by atoms with Gasteiger partial charge in [-0.15, -0.1) is 0 Å². The number of nitrogens with zero attached hydrogens (tertiary/aromatic N) is 2. The van der Waals surface area contributed by atoms with E-state index in [-0.39, 0.29) is 17.7 Å². The molecular weight excluding hydrogens is 463 g/mol. The van der Waals surface area contributed by atoms with Gasteiger partial charge in [-0.05, 0) is 42.9 Å². The van der Waals surface area contributed by atoms with Crippen LogP contribution in [0.5, 0.6) is 0 Å². The van der Waals surface area contributed by atoms with Crippen molar-refractivity contribution in [2.24, 2.45) is 5.92 Å². The highest BCUT2D eigenvalue weighted by Crippen LogP contribution is 2.49. The normalized spacial score (nSPS) is 22.8. The van der Waals surface area contributed by atoms with E-state index in [1.165, 1.54) is 5.56 Å². The van der Waals surface area contributed by atoms with Gasteiger partial charge in [-0.25, -0.2) is 4.79 Å². The highest BCUT2D eigenvalue weighted by molar-refractivity contribution is 5.94. The number of anilines is 1. The smallest absolute Gasteiger partial charge is 0.475 e. The van der Waals surface area contributed by atoms with Crippen molar-refractivity contribution < 1.29 is 32.7 Å². The van der Waals surface area contributed by atoms with Gasteiger partial charge in [-0.3, -0.25) is 9.59 Å². The second kappa shape index (κ2) is 9.59. The molecule has 1 unspecified atom stereocenters. The molecule has 0 bridgehead atoms. The average Bonchev–Trinajstić information content (AvgIpc) is 3.60. The minimum atomic E-state index is -5.08. The van der Waals surface area contributed by atoms with Gasteiger partial charge < -0.3 is 20.2 Å². The number of carboxylic acid groups (broad SMARTS) is 1. The minimum Gasteiger partial charge on any atom is -0.475 e. The molecule has 2 N–H and O–H groups in total. The molecule has 2 aromatic carbocycles. The topological polar surface area (TPSA) is 90.0 Å². The molecular formula is C25H26F3N3O4. The fourth-order valence-electron chi connectivity index (χ4n) is 4.90. The van der Waals surface area contributed by atoms with Gasteiger partial charge >= 0.3 is 12.1 Å². The molecule has 2 saturated heterocycles.